The number of hydrogen-bond donors (Lipinski definition) is 1. The first-order valence-corrected chi connectivity index (χ1v) is 6.19. The largest absolute Gasteiger partial charge is 0.481 e. The van der Waals surface area contributed by atoms with Gasteiger partial charge in [-0.25, -0.2) is 4.68 Å². The normalized spacial score (nSPS) is 10.8. The van der Waals surface area contributed by atoms with Crippen molar-refractivity contribution >= 4 is 28.5 Å². The summed E-state index contributed by atoms with van der Waals surface area (Å²) < 4.78 is 1.47. The molecule has 20 heavy (non-hydrogen) atoms. The lowest BCUT2D eigenvalue weighted by Crippen LogP contribution is -2.08. The molecule has 0 bridgehead atoms. The number of rotatable bonds is 3. The van der Waals surface area contributed by atoms with Gasteiger partial charge in [0.1, 0.15) is 0 Å². The molecule has 0 fully saturated rings. The minimum Gasteiger partial charge on any atom is -0.481 e. The van der Waals surface area contributed by atoms with Crippen molar-refractivity contribution in [2.45, 2.75) is 6.42 Å². The molecular formula is C13H9ClN4O2. The maximum atomic E-state index is 10.9. The van der Waals surface area contributed by atoms with Gasteiger partial charge in [-0.2, -0.15) is 0 Å². The first-order chi connectivity index (χ1) is 9.66. The van der Waals surface area contributed by atoms with Crippen molar-refractivity contribution in [1.29, 1.82) is 0 Å². The molecule has 0 saturated heterocycles. The zero-order valence-electron chi connectivity index (χ0n) is 10.2. The Balaban J connectivity index is 2.23. The minimum atomic E-state index is -0.945. The predicted molar refractivity (Wildman–Crippen MR) is 73.0 cm³/mol. The number of nitrogens with zero attached hydrogens (tertiary/aromatic N) is 4. The molecule has 3 aromatic rings. The van der Waals surface area contributed by atoms with Gasteiger partial charge in [0.2, 0.25) is 0 Å². The molecule has 1 aromatic carbocycles. The molecule has 0 atom stereocenters. The topological polar surface area (TPSA) is 80.9 Å². The molecule has 0 radical (unpaired) electrons. The smallest absolute Gasteiger partial charge is 0.309 e. The summed E-state index contributed by atoms with van der Waals surface area (Å²) in [5.74, 6) is -0.945. The number of pyridine rings is 1. The molecule has 6 nitrogen and oxygen atoms in total. The molecule has 1 N–H and O–H groups in total. The van der Waals surface area contributed by atoms with Crippen LogP contribution in [0.2, 0.25) is 5.02 Å². The number of halogens is 1. The van der Waals surface area contributed by atoms with Crippen LogP contribution in [0.5, 0.6) is 0 Å². The van der Waals surface area contributed by atoms with Crippen LogP contribution in [0, 0.1) is 0 Å². The second kappa shape index (κ2) is 4.90. The molecule has 0 amide bonds. The van der Waals surface area contributed by atoms with Crippen molar-refractivity contribution < 1.29 is 9.90 Å². The number of aromatic nitrogens is 4. The van der Waals surface area contributed by atoms with Crippen LogP contribution in [0.25, 0.3) is 16.6 Å². The molecule has 0 spiro atoms. The minimum absolute atomic E-state index is 0.163. The van der Waals surface area contributed by atoms with Gasteiger partial charge in [0.25, 0.3) is 0 Å². The fourth-order valence-corrected chi connectivity index (χ4v) is 2.24. The van der Waals surface area contributed by atoms with Crippen LogP contribution < -0.4 is 0 Å². The Bertz CT molecular complexity index is 800. The first kappa shape index (κ1) is 12.6. The van der Waals surface area contributed by atoms with Gasteiger partial charge in [-0.3, -0.25) is 9.78 Å². The van der Waals surface area contributed by atoms with Gasteiger partial charge >= 0.3 is 5.97 Å². The molecule has 3 rings (SSSR count). The summed E-state index contributed by atoms with van der Waals surface area (Å²) in [7, 11) is 0. The SMILES string of the molecule is O=C(O)Cc1cnnn1-c1ccc(Cl)c2cccnc12. The molecule has 0 aliphatic rings. The monoisotopic (exact) mass is 288 g/mol. The van der Waals surface area contributed by atoms with E-state index in [0.717, 1.165) is 5.39 Å². The third-order valence-electron chi connectivity index (χ3n) is 2.88. The highest BCUT2D eigenvalue weighted by Crippen LogP contribution is 2.27. The molecule has 2 aromatic heterocycles. The number of aliphatic carboxylic acids is 1. The van der Waals surface area contributed by atoms with Gasteiger partial charge in [0, 0.05) is 11.6 Å². The van der Waals surface area contributed by atoms with Crippen molar-refractivity contribution in [2.24, 2.45) is 0 Å². The Hall–Kier alpha value is -2.47. The Labute approximate surface area is 118 Å². The van der Waals surface area contributed by atoms with E-state index in [2.05, 4.69) is 15.3 Å². The zero-order chi connectivity index (χ0) is 14.1. The average Bonchev–Trinajstić information content (AvgIpc) is 2.87. The summed E-state index contributed by atoms with van der Waals surface area (Å²) in [4.78, 5) is 15.2. The molecule has 0 unspecified atom stereocenters. The van der Waals surface area contributed by atoms with Crippen molar-refractivity contribution in [2.75, 3.05) is 0 Å². The highest BCUT2D eigenvalue weighted by Gasteiger charge is 2.14. The molecule has 0 saturated carbocycles. The van der Waals surface area contributed by atoms with E-state index >= 15 is 0 Å². The highest BCUT2D eigenvalue weighted by molar-refractivity contribution is 6.35. The number of carboxylic acid groups (broad SMARTS) is 1. The summed E-state index contributed by atoms with van der Waals surface area (Å²) >= 11 is 6.14. The fourth-order valence-electron chi connectivity index (χ4n) is 2.03. The Morgan fingerprint density at radius 2 is 2.20 bits per heavy atom. The van der Waals surface area contributed by atoms with Gasteiger partial charge in [0.15, 0.2) is 0 Å². The van der Waals surface area contributed by atoms with Crippen LogP contribution in [0.3, 0.4) is 0 Å². The molecule has 2 heterocycles. The number of carbonyl (C=O) groups is 1. The van der Waals surface area contributed by atoms with Crippen LogP contribution in [-0.2, 0) is 11.2 Å². The molecule has 7 heteroatoms. The molecule has 0 aliphatic carbocycles. The second-order valence-electron chi connectivity index (χ2n) is 4.17. The lowest BCUT2D eigenvalue weighted by atomic mass is 10.2. The molecule has 0 aliphatic heterocycles. The summed E-state index contributed by atoms with van der Waals surface area (Å²) in [6.45, 7) is 0. The molecule has 100 valence electrons. The first-order valence-electron chi connectivity index (χ1n) is 5.82. The van der Waals surface area contributed by atoms with Crippen LogP contribution >= 0.6 is 11.6 Å². The van der Waals surface area contributed by atoms with E-state index in [0.29, 0.717) is 21.9 Å². The van der Waals surface area contributed by atoms with Gasteiger partial charge in [-0.15, -0.1) is 5.10 Å². The van der Waals surface area contributed by atoms with Crippen molar-refractivity contribution in [3.8, 4) is 5.69 Å². The van der Waals surface area contributed by atoms with Crippen LogP contribution in [0.4, 0.5) is 0 Å². The van der Waals surface area contributed by atoms with E-state index in [1.165, 1.54) is 10.9 Å². The summed E-state index contributed by atoms with van der Waals surface area (Å²) in [6.07, 6.45) is 2.91. The van der Waals surface area contributed by atoms with E-state index in [4.69, 9.17) is 16.7 Å². The fraction of sp³-hybridized carbons (Fsp3) is 0.0769. The summed E-state index contributed by atoms with van der Waals surface area (Å²) in [6, 6.07) is 7.12. The Kier molecular flexibility index (Phi) is 3.08. The second-order valence-corrected chi connectivity index (χ2v) is 4.58. The van der Waals surface area contributed by atoms with Crippen molar-refractivity contribution in [3.63, 3.8) is 0 Å². The lowest BCUT2D eigenvalue weighted by molar-refractivity contribution is -0.136. The summed E-state index contributed by atoms with van der Waals surface area (Å²) in [5, 5.41) is 18.0. The van der Waals surface area contributed by atoms with E-state index in [1.807, 2.05) is 6.07 Å². The van der Waals surface area contributed by atoms with E-state index in [-0.39, 0.29) is 6.42 Å². The van der Waals surface area contributed by atoms with Crippen LogP contribution in [0.1, 0.15) is 5.69 Å². The Morgan fingerprint density at radius 3 is 3.00 bits per heavy atom. The van der Waals surface area contributed by atoms with E-state index < -0.39 is 5.97 Å². The lowest BCUT2D eigenvalue weighted by Gasteiger charge is -2.08. The number of hydrogen-bond acceptors (Lipinski definition) is 4. The average molecular weight is 289 g/mol. The standard InChI is InChI=1S/C13H9ClN4O2/c14-10-3-4-11(13-9(10)2-1-5-15-13)18-8(6-12(19)20)7-16-17-18/h1-5,7H,6H2,(H,19,20). The van der Waals surface area contributed by atoms with E-state index in [9.17, 15) is 4.79 Å². The number of benzene rings is 1. The van der Waals surface area contributed by atoms with Crippen LogP contribution in [-0.4, -0.2) is 31.1 Å². The third kappa shape index (κ3) is 2.10. The maximum absolute atomic E-state index is 10.9. The third-order valence-corrected chi connectivity index (χ3v) is 3.21. The Morgan fingerprint density at radius 1 is 1.35 bits per heavy atom. The predicted octanol–water partition coefficient (Wildman–Crippen LogP) is 2.10. The maximum Gasteiger partial charge on any atom is 0.309 e. The quantitative estimate of drug-likeness (QED) is 0.798. The van der Waals surface area contributed by atoms with Gasteiger partial charge in [0.05, 0.1) is 34.5 Å². The van der Waals surface area contributed by atoms with E-state index in [1.54, 1.807) is 24.4 Å². The summed E-state index contributed by atoms with van der Waals surface area (Å²) in [5.41, 5.74) is 1.78. The van der Waals surface area contributed by atoms with Gasteiger partial charge in [-0.1, -0.05) is 16.8 Å². The zero-order valence-corrected chi connectivity index (χ0v) is 10.9. The van der Waals surface area contributed by atoms with Crippen molar-refractivity contribution in [3.05, 3.63) is 47.4 Å². The van der Waals surface area contributed by atoms with Crippen molar-refractivity contribution in [1.82, 2.24) is 20.0 Å². The van der Waals surface area contributed by atoms with Crippen LogP contribution in [0.15, 0.2) is 36.7 Å². The highest BCUT2D eigenvalue weighted by atomic mass is 35.5. The van der Waals surface area contributed by atoms with Gasteiger partial charge in [-0.05, 0) is 24.3 Å². The number of fused-ring (bicyclic) bond motifs is 1. The van der Waals surface area contributed by atoms with Gasteiger partial charge < -0.3 is 5.11 Å². The number of carboxylic acids is 1. The molecular weight excluding hydrogens is 280 g/mol.